The van der Waals surface area contributed by atoms with Crippen molar-refractivity contribution in [3.8, 4) is 0 Å². The number of carbonyl (C=O) groups is 2. The maximum atomic E-state index is 11.8. The van der Waals surface area contributed by atoms with E-state index in [1.165, 1.54) is 122 Å². The first kappa shape index (κ1) is 36.8. The van der Waals surface area contributed by atoms with Crippen LogP contribution in [0.1, 0.15) is 155 Å². The molecule has 0 bridgehead atoms. The lowest BCUT2D eigenvalue weighted by Gasteiger charge is -2.24. The van der Waals surface area contributed by atoms with E-state index >= 15 is 0 Å². The lowest BCUT2D eigenvalue weighted by molar-refractivity contribution is -0.148. The second kappa shape index (κ2) is 26.0. The van der Waals surface area contributed by atoms with Crippen molar-refractivity contribution in [2.45, 2.75) is 180 Å². The van der Waals surface area contributed by atoms with Crippen LogP contribution in [0.3, 0.4) is 0 Å². The molecule has 0 rings (SSSR count). The Labute approximate surface area is 232 Å². The van der Waals surface area contributed by atoms with Gasteiger partial charge in [-0.3, -0.25) is 20.4 Å². The van der Waals surface area contributed by atoms with E-state index in [0.717, 1.165) is 12.8 Å². The molecule has 0 aromatic carbocycles. The molecule has 0 aliphatic heterocycles. The van der Waals surface area contributed by atoms with Crippen LogP contribution in [-0.4, -0.2) is 56.7 Å². The van der Waals surface area contributed by atoms with Crippen molar-refractivity contribution in [3.05, 3.63) is 0 Å². The normalized spacial score (nSPS) is 14.6. The first-order valence-electron chi connectivity index (χ1n) is 15.6. The van der Waals surface area contributed by atoms with Crippen LogP contribution in [0.25, 0.3) is 0 Å². The second-order valence-electron chi connectivity index (χ2n) is 11.0. The fourth-order valence-electron chi connectivity index (χ4n) is 4.61. The van der Waals surface area contributed by atoms with Crippen LogP contribution < -0.4 is 10.9 Å². The van der Waals surface area contributed by atoms with Gasteiger partial charge in [0.1, 0.15) is 12.2 Å². The maximum Gasteiger partial charge on any atom is 0.270 e. The van der Waals surface area contributed by atoms with Crippen molar-refractivity contribution in [2.24, 2.45) is 0 Å². The van der Waals surface area contributed by atoms with E-state index in [0.29, 0.717) is 6.42 Å². The number of unbranched alkanes of at least 4 members (excludes halogenated alkanes) is 20. The molecule has 8 heteroatoms. The number of carbonyl (C=O) groups excluding carboxylic acids is 2. The van der Waals surface area contributed by atoms with E-state index in [2.05, 4.69) is 12.3 Å². The predicted octanol–water partition coefficient (Wildman–Crippen LogP) is 5.20. The van der Waals surface area contributed by atoms with Crippen molar-refractivity contribution in [1.29, 1.82) is 0 Å². The summed E-state index contributed by atoms with van der Waals surface area (Å²) in [6, 6.07) is 0. The number of hydrazine groups is 1. The molecule has 38 heavy (non-hydrogen) atoms. The van der Waals surface area contributed by atoms with Crippen LogP contribution >= 0.6 is 0 Å². The van der Waals surface area contributed by atoms with Gasteiger partial charge in [0.05, 0.1) is 6.10 Å². The quantitative estimate of drug-likeness (QED) is 0.0654. The molecule has 226 valence electrons. The molecule has 4 atom stereocenters. The molecule has 0 unspecified atom stereocenters. The van der Waals surface area contributed by atoms with Gasteiger partial charge in [0, 0.05) is 6.42 Å². The summed E-state index contributed by atoms with van der Waals surface area (Å²) in [6.07, 6.45) is 20.8. The van der Waals surface area contributed by atoms with Crippen molar-refractivity contribution in [1.82, 2.24) is 10.9 Å². The third-order valence-corrected chi connectivity index (χ3v) is 7.27. The SMILES string of the molecule is CCCCCCCCCCCCCCCCCCCCCCCC(=O)NNC(=O)[C@H](O)[C@@H](O)[C@H](O)[C@@H](C)O. The first-order chi connectivity index (χ1) is 18.3. The fraction of sp³-hybridized carbons (Fsp3) is 0.933. The third kappa shape index (κ3) is 21.7. The molecule has 0 aliphatic rings. The highest BCUT2D eigenvalue weighted by Crippen LogP contribution is 2.15. The van der Waals surface area contributed by atoms with Crippen molar-refractivity contribution >= 4 is 11.8 Å². The summed E-state index contributed by atoms with van der Waals surface area (Å²) in [5.41, 5.74) is 4.22. The molecule has 0 aromatic rings. The summed E-state index contributed by atoms with van der Waals surface area (Å²) in [7, 11) is 0. The monoisotopic (exact) mass is 544 g/mol. The van der Waals surface area contributed by atoms with Gasteiger partial charge in [0.25, 0.3) is 5.91 Å². The molecule has 0 spiro atoms. The Bertz CT molecular complexity index is 561. The summed E-state index contributed by atoms with van der Waals surface area (Å²) in [5, 5.41) is 38.0. The minimum atomic E-state index is -1.97. The molecule has 0 radical (unpaired) electrons. The fourth-order valence-corrected chi connectivity index (χ4v) is 4.61. The minimum absolute atomic E-state index is 0.258. The molecular weight excluding hydrogens is 484 g/mol. The Morgan fingerprint density at radius 3 is 1.21 bits per heavy atom. The zero-order chi connectivity index (χ0) is 28.4. The molecule has 0 aliphatic carbocycles. The lowest BCUT2D eigenvalue weighted by atomic mass is 10.0. The summed E-state index contributed by atoms with van der Waals surface area (Å²) >= 11 is 0. The number of rotatable bonds is 26. The van der Waals surface area contributed by atoms with E-state index in [-0.39, 0.29) is 12.3 Å². The van der Waals surface area contributed by atoms with Gasteiger partial charge in [0.2, 0.25) is 5.91 Å². The van der Waals surface area contributed by atoms with E-state index < -0.39 is 30.3 Å². The van der Waals surface area contributed by atoms with Gasteiger partial charge in [-0.25, -0.2) is 0 Å². The number of aliphatic hydroxyl groups is 4. The number of amides is 2. The summed E-state index contributed by atoms with van der Waals surface area (Å²) in [5.74, 6) is -1.43. The third-order valence-electron chi connectivity index (χ3n) is 7.27. The van der Waals surface area contributed by atoms with Gasteiger partial charge in [-0.2, -0.15) is 0 Å². The molecule has 0 fully saturated rings. The first-order valence-corrected chi connectivity index (χ1v) is 15.6. The molecule has 0 aromatic heterocycles. The van der Waals surface area contributed by atoms with Crippen LogP contribution in [0.5, 0.6) is 0 Å². The van der Waals surface area contributed by atoms with Crippen LogP contribution in [0.4, 0.5) is 0 Å². The van der Waals surface area contributed by atoms with Crippen molar-refractivity contribution in [2.75, 3.05) is 0 Å². The minimum Gasteiger partial charge on any atom is -0.391 e. The predicted molar refractivity (Wildman–Crippen MR) is 153 cm³/mol. The maximum absolute atomic E-state index is 11.8. The molecule has 0 saturated heterocycles. The van der Waals surface area contributed by atoms with Crippen LogP contribution in [0.2, 0.25) is 0 Å². The Hall–Kier alpha value is -1.22. The van der Waals surface area contributed by atoms with E-state index in [1.54, 1.807) is 0 Å². The summed E-state index contributed by atoms with van der Waals surface area (Å²) in [6.45, 7) is 3.50. The summed E-state index contributed by atoms with van der Waals surface area (Å²) in [4.78, 5) is 23.6. The average Bonchev–Trinajstić information content (AvgIpc) is 2.91. The van der Waals surface area contributed by atoms with Gasteiger partial charge in [-0.15, -0.1) is 0 Å². The summed E-state index contributed by atoms with van der Waals surface area (Å²) < 4.78 is 0. The van der Waals surface area contributed by atoms with Crippen LogP contribution in [-0.2, 0) is 9.59 Å². The number of hydrogen-bond acceptors (Lipinski definition) is 6. The Morgan fingerprint density at radius 1 is 0.526 bits per heavy atom. The van der Waals surface area contributed by atoms with Crippen LogP contribution in [0.15, 0.2) is 0 Å². The highest BCUT2D eigenvalue weighted by molar-refractivity contribution is 5.84. The highest BCUT2D eigenvalue weighted by atomic mass is 16.4. The zero-order valence-electron chi connectivity index (χ0n) is 24.5. The highest BCUT2D eigenvalue weighted by Gasteiger charge is 2.32. The molecule has 0 heterocycles. The van der Waals surface area contributed by atoms with Crippen molar-refractivity contribution < 1.29 is 30.0 Å². The smallest absolute Gasteiger partial charge is 0.270 e. The molecule has 2 amide bonds. The van der Waals surface area contributed by atoms with E-state index in [9.17, 15) is 30.0 Å². The second-order valence-corrected chi connectivity index (χ2v) is 11.0. The Kier molecular flexibility index (Phi) is 25.2. The molecule has 8 nitrogen and oxygen atoms in total. The standard InChI is InChI=1S/C30H60N2O6/c1-3-4-5-6-7-8-9-10-11-12-13-14-15-16-17-18-19-20-21-22-23-24-26(34)31-32-30(38)29(37)28(36)27(35)25(2)33/h25,27-29,33,35-37H,3-24H2,1-2H3,(H,31,34)(H,32,38)/t25-,27-,28+,29-/m1/s1. The van der Waals surface area contributed by atoms with Gasteiger partial charge in [0.15, 0.2) is 6.10 Å². The van der Waals surface area contributed by atoms with Gasteiger partial charge < -0.3 is 20.4 Å². The number of aliphatic hydroxyl groups excluding tert-OH is 4. The van der Waals surface area contributed by atoms with E-state index in [4.69, 9.17) is 0 Å². The van der Waals surface area contributed by atoms with Crippen LogP contribution in [0, 0.1) is 0 Å². The zero-order valence-corrected chi connectivity index (χ0v) is 24.5. The van der Waals surface area contributed by atoms with Gasteiger partial charge >= 0.3 is 0 Å². The largest absolute Gasteiger partial charge is 0.391 e. The Balaban J connectivity index is 3.41. The molecule has 6 N–H and O–H groups in total. The Morgan fingerprint density at radius 2 is 0.868 bits per heavy atom. The van der Waals surface area contributed by atoms with Crippen molar-refractivity contribution in [3.63, 3.8) is 0 Å². The molecule has 0 saturated carbocycles. The molecular formula is C30H60N2O6. The lowest BCUT2D eigenvalue weighted by Crippen LogP contribution is -2.54. The van der Waals surface area contributed by atoms with Gasteiger partial charge in [-0.1, -0.05) is 135 Å². The average molecular weight is 545 g/mol. The van der Waals surface area contributed by atoms with Gasteiger partial charge in [-0.05, 0) is 13.3 Å². The topological polar surface area (TPSA) is 139 Å². The number of hydrogen-bond donors (Lipinski definition) is 6. The number of nitrogens with one attached hydrogen (secondary N) is 2. The van der Waals surface area contributed by atoms with E-state index in [1.807, 2.05) is 5.43 Å².